The number of alkyl halides is 3. The van der Waals surface area contributed by atoms with Crippen molar-refractivity contribution in [2.75, 3.05) is 18.1 Å². The second kappa shape index (κ2) is 9.21. The Kier molecular flexibility index (Phi) is 6.49. The third-order valence-electron chi connectivity index (χ3n) is 5.37. The van der Waals surface area contributed by atoms with E-state index >= 15 is 0 Å². The summed E-state index contributed by atoms with van der Waals surface area (Å²) in [5.41, 5.74) is -1.30. The van der Waals surface area contributed by atoms with E-state index in [9.17, 15) is 22.0 Å². The zero-order valence-electron chi connectivity index (χ0n) is 18.1. The van der Waals surface area contributed by atoms with Crippen LogP contribution in [0.5, 0.6) is 0 Å². The molecule has 10 heteroatoms. The van der Waals surface area contributed by atoms with Crippen molar-refractivity contribution in [3.63, 3.8) is 0 Å². The van der Waals surface area contributed by atoms with Gasteiger partial charge in [-0.2, -0.15) is 13.2 Å². The second-order valence-corrected chi connectivity index (χ2v) is 7.98. The van der Waals surface area contributed by atoms with Crippen LogP contribution in [0.15, 0.2) is 64.4 Å². The molecule has 0 aromatic heterocycles. The third-order valence-corrected chi connectivity index (χ3v) is 5.77. The Balaban J connectivity index is 1.98. The van der Waals surface area contributed by atoms with Gasteiger partial charge in [-0.25, -0.2) is 13.8 Å². The largest absolute Gasteiger partial charge is 0.501 e. The maximum Gasteiger partial charge on any atom is 0.417 e. The molecule has 0 saturated heterocycles. The molecular weight excluding hydrogens is 477 g/mol. The number of fused-ring (bicyclic) bond motifs is 3. The van der Waals surface area contributed by atoms with Crippen LogP contribution in [0.25, 0.3) is 0 Å². The average molecular weight is 496 g/mol. The van der Waals surface area contributed by atoms with Crippen molar-refractivity contribution in [1.82, 2.24) is 0 Å². The molecule has 2 aliphatic heterocycles. The smallest absolute Gasteiger partial charge is 0.417 e. The number of ether oxygens (including phenoxy) is 1. The van der Waals surface area contributed by atoms with Crippen molar-refractivity contribution in [2.45, 2.75) is 26.1 Å². The van der Waals surface area contributed by atoms with Crippen LogP contribution in [-0.2, 0) is 10.9 Å². The Morgan fingerprint density at radius 3 is 2.50 bits per heavy atom. The van der Waals surface area contributed by atoms with Gasteiger partial charge in [0.05, 0.1) is 47.0 Å². The standard InChI is InChI=1S/C24H19ClF5N3O/c1-3-34-10-9-14-11-31-23-13(2)32-22(19-16(26)5-4-6-17(19)27)20-18(33(23)12-14)8-7-15(21(20)25)24(28,29)30/h4-11,13H,3,12H2,1-2H3/b10-9+. The molecule has 0 bridgehead atoms. The fraction of sp³-hybridized carbons (Fsp3) is 0.250. The van der Waals surface area contributed by atoms with Crippen LogP contribution in [0.2, 0.25) is 5.02 Å². The first-order valence-electron chi connectivity index (χ1n) is 10.4. The molecule has 4 nitrogen and oxygen atoms in total. The minimum absolute atomic E-state index is 0.206. The highest BCUT2D eigenvalue weighted by atomic mass is 35.5. The highest BCUT2D eigenvalue weighted by molar-refractivity contribution is 6.38. The van der Waals surface area contributed by atoms with Crippen LogP contribution in [0, 0.1) is 11.6 Å². The van der Waals surface area contributed by atoms with Gasteiger partial charge in [0, 0.05) is 11.8 Å². The molecule has 178 valence electrons. The average Bonchev–Trinajstić information content (AvgIpc) is 2.88. The molecule has 2 heterocycles. The second-order valence-electron chi connectivity index (χ2n) is 7.60. The molecule has 0 fully saturated rings. The van der Waals surface area contributed by atoms with E-state index in [1.54, 1.807) is 24.1 Å². The van der Waals surface area contributed by atoms with E-state index in [1.807, 2.05) is 6.92 Å². The lowest BCUT2D eigenvalue weighted by molar-refractivity contribution is -0.137. The van der Waals surface area contributed by atoms with Gasteiger partial charge in [-0.1, -0.05) is 17.7 Å². The minimum atomic E-state index is -4.78. The topological polar surface area (TPSA) is 37.2 Å². The van der Waals surface area contributed by atoms with Gasteiger partial charge in [0.25, 0.3) is 0 Å². The van der Waals surface area contributed by atoms with E-state index in [1.165, 1.54) is 12.3 Å². The van der Waals surface area contributed by atoms with Gasteiger partial charge in [-0.15, -0.1) is 0 Å². The molecule has 2 aliphatic rings. The molecule has 0 saturated carbocycles. The van der Waals surface area contributed by atoms with E-state index in [0.717, 1.165) is 24.3 Å². The quantitative estimate of drug-likeness (QED) is 0.357. The Bertz CT molecular complexity index is 1230. The molecular formula is C24H19ClF5N3O. The Morgan fingerprint density at radius 1 is 1.15 bits per heavy atom. The number of aliphatic imine (C=N–C) groups is 2. The molecule has 34 heavy (non-hydrogen) atoms. The highest BCUT2D eigenvalue weighted by Crippen LogP contribution is 2.43. The lowest BCUT2D eigenvalue weighted by Gasteiger charge is -2.31. The van der Waals surface area contributed by atoms with Crippen molar-refractivity contribution < 1.29 is 26.7 Å². The van der Waals surface area contributed by atoms with Gasteiger partial charge in [0.1, 0.15) is 23.5 Å². The fourth-order valence-corrected chi connectivity index (χ4v) is 4.21. The zero-order chi connectivity index (χ0) is 24.6. The number of benzene rings is 2. The first-order valence-corrected chi connectivity index (χ1v) is 10.8. The fourth-order valence-electron chi connectivity index (χ4n) is 3.86. The van der Waals surface area contributed by atoms with E-state index in [2.05, 4.69) is 9.98 Å². The van der Waals surface area contributed by atoms with Crippen LogP contribution in [0.4, 0.5) is 27.6 Å². The van der Waals surface area contributed by atoms with Crippen LogP contribution in [-0.4, -0.2) is 30.7 Å². The number of hydrogen-bond acceptors (Lipinski definition) is 4. The normalized spacial score (nSPS) is 18.1. The van der Waals surface area contributed by atoms with Crippen molar-refractivity contribution in [3.05, 3.63) is 87.8 Å². The molecule has 0 radical (unpaired) electrons. The van der Waals surface area contributed by atoms with Gasteiger partial charge < -0.3 is 9.64 Å². The number of nitrogens with zero attached hydrogens (tertiary/aromatic N) is 3. The van der Waals surface area contributed by atoms with Crippen molar-refractivity contribution in [3.8, 4) is 0 Å². The maximum absolute atomic E-state index is 14.8. The zero-order valence-corrected chi connectivity index (χ0v) is 18.9. The molecule has 0 aliphatic carbocycles. The summed E-state index contributed by atoms with van der Waals surface area (Å²) in [5, 5.41) is -0.694. The summed E-state index contributed by atoms with van der Waals surface area (Å²) >= 11 is 6.29. The van der Waals surface area contributed by atoms with Gasteiger partial charge in [0.2, 0.25) is 0 Å². The maximum atomic E-state index is 14.8. The summed E-state index contributed by atoms with van der Waals surface area (Å²) in [6.45, 7) is 4.14. The van der Waals surface area contributed by atoms with Crippen LogP contribution < -0.4 is 4.90 Å². The molecule has 0 amide bonds. The van der Waals surface area contributed by atoms with Crippen molar-refractivity contribution in [1.29, 1.82) is 0 Å². The van der Waals surface area contributed by atoms with Gasteiger partial charge >= 0.3 is 6.18 Å². The Labute approximate surface area is 197 Å². The van der Waals surface area contributed by atoms with E-state index < -0.39 is 40.0 Å². The summed E-state index contributed by atoms with van der Waals surface area (Å²) in [6, 6.07) is 4.53. The Hall–Kier alpha value is -3.20. The molecule has 2 aromatic carbocycles. The van der Waals surface area contributed by atoms with Gasteiger partial charge in [-0.3, -0.25) is 4.99 Å². The van der Waals surface area contributed by atoms with Gasteiger partial charge in [-0.05, 0) is 49.8 Å². The number of halogens is 6. The minimum Gasteiger partial charge on any atom is -0.501 e. The monoisotopic (exact) mass is 495 g/mol. The van der Waals surface area contributed by atoms with Crippen molar-refractivity contribution >= 4 is 28.8 Å². The number of anilines is 1. The SMILES string of the molecule is CCO/C=C/C1=CN=C2C(C)N=C(c3c(F)cccc3F)c3c(ccc(C(F)(F)F)c3Cl)N2C1. The summed E-state index contributed by atoms with van der Waals surface area (Å²) in [5.74, 6) is -1.53. The van der Waals surface area contributed by atoms with Gasteiger partial charge in [0.15, 0.2) is 0 Å². The van der Waals surface area contributed by atoms with E-state index in [4.69, 9.17) is 16.3 Å². The number of rotatable bonds is 4. The first-order chi connectivity index (χ1) is 16.1. The van der Waals surface area contributed by atoms with E-state index in [-0.39, 0.29) is 23.5 Å². The third kappa shape index (κ3) is 4.32. The predicted octanol–water partition coefficient (Wildman–Crippen LogP) is 6.53. The summed E-state index contributed by atoms with van der Waals surface area (Å²) in [4.78, 5) is 10.5. The summed E-state index contributed by atoms with van der Waals surface area (Å²) < 4.78 is 75.9. The molecule has 1 unspecified atom stereocenters. The van der Waals surface area contributed by atoms with Crippen LogP contribution in [0.1, 0.15) is 30.5 Å². The molecule has 0 spiro atoms. The number of hydrogen-bond donors (Lipinski definition) is 0. The Morgan fingerprint density at radius 2 is 1.85 bits per heavy atom. The highest BCUT2D eigenvalue weighted by Gasteiger charge is 2.39. The van der Waals surface area contributed by atoms with Crippen molar-refractivity contribution in [2.24, 2.45) is 9.98 Å². The lowest BCUT2D eigenvalue weighted by atomic mass is 9.96. The lowest BCUT2D eigenvalue weighted by Crippen LogP contribution is -2.39. The molecule has 1 atom stereocenters. The predicted molar refractivity (Wildman–Crippen MR) is 122 cm³/mol. The molecule has 4 rings (SSSR count). The first kappa shape index (κ1) is 23.9. The van der Waals surface area contributed by atoms with Crippen LogP contribution >= 0.6 is 11.6 Å². The summed E-state index contributed by atoms with van der Waals surface area (Å²) in [7, 11) is 0. The molecule has 0 N–H and O–H groups in total. The molecule has 2 aromatic rings. The summed E-state index contributed by atoms with van der Waals surface area (Å²) in [6.07, 6.45) is -0.0195. The van der Waals surface area contributed by atoms with E-state index in [0.29, 0.717) is 18.0 Å². The van der Waals surface area contributed by atoms with Crippen LogP contribution in [0.3, 0.4) is 0 Å². The number of amidine groups is 1.